The van der Waals surface area contributed by atoms with Gasteiger partial charge < -0.3 is 14.9 Å². The first-order valence-electron chi connectivity index (χ1n) is 7.76. The van der Waals surface area contributed by atoms with Crippen LogP contribution in [0.2, 0.25) is 0 Å². The summed E-state index contributed by atoms with van der Waals surface area (Å²) in [6.45, 7) is 11.1. The maximum atomic E-state index is 10.2. The summed E-state index contributed by atoms with van der Waals surface area (Å²) in [5, 5.41) is 10.2. The molecule has 2 aliphatic rings. The van der Waals surface area contributed by atoms with Gasteiger partial charge in [0, 0.05) is 19.6 Å². The van der Waals surface area contributed by atoms with E-state index in [1.165, 1.54) is 51.9 Å². The Labute approximate surface area is 112 Å². The van der Waals surface area contributed by atoms with Crippen molar-refractivity contribution in [2.75, 3.05) is 39.3 Å². The van der Waals surface area contributed by atoms with E-state index in [1.807, 2.05) is 0 Å². The van der Waals surface area contributed by atoms with Crippen molar-refractivity contribution in [3.63, 3.8) is 0 Å². The Morgan fingerprint density at radius 2 is 1.61 bits per heavy atom. The van der Waals surface area contributed by atoms with Crippen LogP contribution < -0.4 is 0 Å². The van der Waals surface area contributed by atoms with Gasteiger partial charge in [0.05, 0.1) is 6.10 Å². The third kappa shape index (κ3) is 4.52. The monoisotopic (exact) mass is 254 g/mol. The van der Waals surface area contributed by atoms with Crippen molar-refractivity contribution < 1.29 is 5.11 Å². The number of rotatable bonds is 4. The van der Waals surface area contributed by atoms with Crippen LogP contribution in [-0.4, -0.2) is 60.3 Å². The molecule has 2 aliphatic heterocycles. The average Bonchev–Trinajstić information content (AvgIpc) is 2.32. The fourth-order valence-corrected chi connectivity index (χ4v) is 3.35. The Kier molecular flexibility index (Phi) is 5.46. The van der Waals surface area contributed by atoms with Crippen molar-refractivity contribution in [1.82, 2.24) is 9.80 Å². The second kappa shape index (κ2) is 6.88. The van der Waals surface area contributed by atoms with E-state index >= 15 is 0 Å². The first-order chi connectivity index (χ1) is 8.63. The van der Waals surface area contributed by atoms with Crippen LogP contribution in [0.4, 0.5) is 0 Å². The number of likely N-dealkylation sites (tertiary alicyclic amines) is 2. The van der Waals surface area contributed by atoms with Gasteiger partial charge in [0.2, 0.25) is 0 Å². The lowest BCUT2D eigenvalue weighted by atomic mass is 9.98. The van der Waals surface area contributed by atoms with Crippen LogP contribution in [0.1, 0.15) is 39.5 Å². The number of aliphatic hydroxyl groups excluding tert-OH is 1. The molecule has 0 aromatic heterocycles. The fraction of sp³-hybridized carbons (Fsp3) is 1.00. The van der Waals surface area contributed by atoms with Crippen molar-refractivity contribution in [3.05, 3.63) is 0 Å². The summed E-state index contributed by atoms with van der Waals surface area (Å²) in [5.41, 5.74) is 0. The van der Waals surface area contributed by atoms with Gasteiger partial charge in [-0.1, -0.05) is 13.8 Å². The summed E-state index contributed by atoms with van der Waals surface area (Å²) in [7, 11) is 0. The average molecular weight is 254 g/mol. The molecule has 106 valence electrons. The molecule has 18 heavy (non-hydrogen) atoms. The summed E-state index contributed by atoms with van der Waals surface area (Å²) in [6, 6.07) is 0. The minimum absolute atomic E-state index is 0.163. The summed E-state index contributed by atoms with van der Waals surface area (Å²) in [5.74, 6) is 1.68. The second-order valence-corrected chi connectivity index (χ2v) is 6.64. The SMILES string of the molecule is CC1CCN(CC(O)CN2CCCC(C)C2)CC1. The zero-order valence-corrected chi connectivity index (χ0v) is 12.1. The van der Waals surface area contributed by atoms with Gasteiger partial charge in [-0.05, 0) is 57.2 Å². The molecule has 0 saturated carbocycles. The first kappa shape index (κ1) is 14.3. The van der Waals surface area contributed by atoms with Gasteiger partial charge in [0.25, 0.3) is 0 Å². The summed E-state index contributed by atoms with van der Waals surface area (Å²) in [6.07, 6.45) is 5.09. The van der Waals surface area contributed by atoms with Gasteiger partial charge in [-0.15, -0.1) is 0 Å². The van der Waals surface area contributed by atoms with Crippen LogP contribution in [0.15, 0.2) is 0 Å². The molecule has 2 heterocycles. The molecule has 0 spiro atoms. The van der Waals surface area contributed by atoms with Gasteiger partial charge in [-0.3, -0.25) is 0 Å². The molecule has 2 fully saturated rings. The van der Waals surface area contributed by atoms with Crippen molar-refractivity contribution in [2.45, 2.75) is 45.6 Å². The van der Waals surface area contributed by atoms with Crippen LogP contribution in [0, 0.1) is 11.8 Å². The molecule has 0 amide bonds. The molecular weight excluding hydrogens is 224 g/mol. The van der Waals surface area contributed by atoms with Crippen molar-refractivity contribution >= 4 is 0 Å². The van der Waals surface area contributed by atoms with E-state index in [9.17, 15) is 5.11 Å². The van der Waals surface area contributed by atoms with E-state index in [4.69, 9.17) is 0 Å². The molecule has 0 aromatic carbocycles. The Hall–Kier alpha value is -0.120. The van der Waals surface area contributed by atoms with E-state index in [2.05, 4.69) is 23.6 Å². The van der Waals surface area contributed by atoms with Gasteiger partial charge in [0.1, 0.15) is 0 Å². The summed E-state index contributed by atoms with van der Waals surface area (Å²) < 4.78 is 0. The van der Waals surface area contributed by atoms with Gasteiger partial charge in [-0.25, -0.2) is 0 Å². The standard InChI is InChI=1S/C15H30N2O/c1-13-5-8-16(9-6-13)11-15(18)12-17-7-3-4-14(2)10-17/h13-15,18H,3-12H2,1-2H3. The molecule has 2 saturated heterocycles. The highest BCUT2D eigenvalue weighted by Crippen LogP contribution is 2.18. The molecular formula is C15H30N2O. The topological polar surface area (TPSA) is 26.7 Å². The predicted molar refractivity (Wildman–Crippen MR) is 75.7 cm³/mol. The molecule has 3 heteroatoms. The largest absolute Gasteiger partial charge is 0.390 e. The molecule has 2 unspecified atom stereocenters. The van der Waals surface area contributed by atoms with Crippen LogP contribution >= 0.6 is 0 Å². The van der Waals surface area contributed by atoms with Crippen molar-refractivity contribution in [3.8, 4) is 0 Å². The molecule has 2 atom stereocenters. The summed E-state index contributed by atoms with van der Waals surface area (Å²) >= 11 is 0. The highest BCUT2D eigenvalue weighted by Gasteiger charge is 2.22. The minimum atomic E-state index is -0.163. The molecule has 3 nitrogen and oxygen atoms in total. The first-order valence-corrected chi connectivity index (χ1v) is 7.76. The number of nitrogens with zero attached hydrogens (tertiary/aromatic N) is 2. The lowest BCUT2D eigenvalue weighted by molar-refractivity contribution is 0.0492. The van der Waals surface area contributed by atoms with Crippen LogP contribution in [-0.2, 0) is 0 Å². The minimum Gasteiger partial charge on any atom is -0.390 e. The number of hydrogen-bond acceptors (Lipinski definition) is 3. The molecule has 0 bridgehead atoms. The van der Waals surface area contributed by atoms with Crippen LogP contribution in [0.3, 0.4) is 0 Å². The van der Waals surface area contributed by atoms with Crippen molar-refractivity contribution in [1.29, 1.82) is 0 Å². The van der Waals surface area contributed by atoms with Gasteiger partial charge >= 0.3 is 0 Å². The van der Waals surface area contributed by atoms with Crippen molar-refractivity contribution in [2.24, 2.45) is 11.8 Å². The lowest BCUT2D eigenvalue weighted by Crippen LogP contribution is -2.45. The van der Waals surface area contributed by atoms with E-state index in [0.29, 0.717) is 0 Å². The number of hydrogen-bond donors (Lipinski definition) is 1. The second-order valence-electron chi connectivity index (χ2n) is 6.64. The maximum absolute atomic E-state index is 10.2. The lowest BCUT2D eigenvalue weighted by Gasteiger charge is -2.35. The number of β-amino-alcohol motifs (C(OH)–C–C–N with tert-alkyl or cyclic N) is 1. The normalized spacial score (nSPS) is 30.5. The number of piperidine rings is 2. The molecule has 2 rings (SSSR count). The Morgan fingerprint density at radius 1 is 0.944 bits per heavy atom. The Bertz CT molecular complexity index is 239. The predicted octanol–water partition coefficient (Wildman–Crippen LogP) is 1.81. The zero-order valence-electron chi connectivity index (χ0n) is 12.1. The maximum Gasteiger partial charge on any atom is 0.0793 e. The molecule has 1 N–H and O–H groups in total. The summed E-state index contributed by atoms with van der Waals surface area (Å²) in [4.78, 5) is 4.89. The molecule has 0 radical (unpaired) electrons. The quantitative estimate of drug-likeness (QED) is 0.829. The van der Waals surface area contributed by atoms with Crippen LogP contribution in [0.25, 0.3) is 0 Å². The van der Waals surface area contributed by atoms with E-state index < -0.39 is 0 Å². The third-order valence-corrected chi connectivity index (χ3v) is 4.56. The highest BCUT2D eigenvalue weighted by atomic mass is 16.3. The Morgan fingerprint density at radius 3 is 2.28 bits per heavy atom. The number of aliphatic hydroxyl groups is 1. The van der Waals surface area contributed by atoms with Gasteiger partial charge in [-0.2, -0.15) is 0 Å². The van der Waals surface area contributed by atoms with Crippen LogP contribution in [0.5, 0.6) is 0 Å². The molecule has 0 aliphatic carbocycles. The van der Waals surface area contributed by atoms with E-state index in [0.717, 1.165) is 24.9 Å². The zero-order chi connectivity index (χ0) is 13.0. The van der Waals surface area contributed by atoms with E-state index in [1.54, 1.807) is 0 Å². The smallest absolute Gasteiger partial charge is 0.0793 e. The fourth-order valence-electron chi connectivity index (χ4n) is 3.35. The van der Waals surface area contributed by atoms with Gasteiger partial charge in [0.15, 0.2) is 0 Å². The third-order valence-electron chi connectivity index (χ3n) is 4.56. The van der Waals surface area contributed by atoms with E-state index in [-0.39, 0.29) is 6.10 Å². The highest BCUT2D eigenvalue weighted by molar-refractivity contribution is 4.76. The molecule has 0 aromatic rings. The Balaban J connectivity index is 1.66.